The van der Waals surface area contributed by atoms with Crippen LogP contribution >= 0.6 is 15.9 Å². The van der Waals surface area contributed by atoms with Crippen LogP contribution in [0, 0.1) is 29.5 Å². The number of halogens is 2. The highest BCUT2D eigenvalue weighted by Crippen LogP contribution is 2.62. The van der Waals surface area contributed by atoms with Crippen molar-refractivity contribution in [2.24, 2.45) is 23.7 Å². The minimum Gasteiger partial charge on any atom is -0.389 e. The summed E-state index contributed by atoms with van der Waals surface area (Å²) in [4.78, 5) is 0. The average Bonchev–Trinajstić information content (AvgIpc) is 2.97. The highest BCUT2D eigenvalue weighted by atomic mass is 79.9. The number of fused-ring (bicyclic) bond motifs is 5. The summed E-state index contributed by atoms with van der Waals surface area (Å²) in [6.07, 6.45) is 6.72. The van der Waals surface area contributed by atoms with Crippen molar-refractivity contribution in [3.63, 3.8) is 0 Å². The van der Waals surface area contributed by atoms with E-state index in [1.54, 1.807) is 6.07 Å². The van der Waals surface area contributed by atoms with Gasteiger partial charge in [-0.2, -0.15) is 0 Å². The first-order valence-corrected chi connectivity index (χ1v) is 8.52. The Balaban J connectivity index is 1.59. The van der Waals surface area contributed by atoms with Crippen molar-refractivity contribution in [2.45, 2.75) is 44.1 Å². The van der Waals surface area contributed by atoms with Gasteiger partial charge in [0.2, 0.25) is 0 Å². The molecule has 5 atom stereocenters. The zero-order valence-corrected chi connectivity index (χ0v) is 13.1. The first-order chi connectivity index (χ1) is 9.55. The summed E-state index contributed by atoms with van der Waals surface area (Å²) in [6.45, 7) is 0. The Morgan fingerprint density at radius 3 is 2.85 bits per heavy atom. The Bertz CT molecular complexity index is 526. The largest absolute Gasteiger partial charge is 0.389 e. The summed E-state index contributed by atoms with van der Waals surface area (Å²) in [7, 11) is 0. The van der Waals surface area contributed by atoms with Crippen molar-refractivity contribution in [1.29, 1.82) is 0 Å². The van der Waals surface area contributed by atoms with Crippen LogP contribution in [0.5, 0.6) is 0 Å². The summed E-state index contributed by atoms with van der Waals surface area (Å²) < 4.78 is 14.3. The molecule has 3 heteroatoms. The molecule has 1 aromatic carbocycles. The van der Waals surface area contributed by atoms with E-state index in [9.17, 15) is 9.50 Å². The molecular formula is C17H20BrFO. The minimum absolute atomic E-state index is 0.222. The molecule has 0 radical (unpaired) electrons. The van der Waals surface area contributed by atoms with E-state index >= 15 is 0 Å². The number of benzene rings is 1. The van der Waals surface area contributed by atoms with E-state index < -0.39 is 5.60 Å². The zero-order valence-electron chi connectivity index (χ0n) is 11.5. The van der Waals surface area contributed by atoms with Crippen molar-refractivity contribution in [1.82, 2.24) is 0 Å². The van der Waals surface area contributed by atoms with Gasteiger partial charge in [-0.05, 0) is 73.1 Å². The lowest BCUT2D eigenvalue weighted by Crippen LogP contribution is -2.43. The van der Waals surface area contributed by atoms with E-state index in [1.807, 2.05) is 6.07 Å². The topological polar surface area (TPSA) is 20.2 Å². The number of hydrogen-bond acceptors (Lipinski definition) is 1. The van der Waals surface area contributed by atoms with Gasteiger partial charge in [-0.15, -0.1) is 0 Å². The van der Waals surface area contributed by atoms with Gasteiger partial charge in [0.15, 0.2) is 0 Å². The molecule has 5 unspecified atom stereocenters. The second kappa shape index (κ2) is 4.54. The van der Waals surface area contributed by atoms with Crippen LogP contribution in [0.2, 0.25) is 0 Å². The highest BCUT2D eigenvalue weighted by molar-refractivity contribution is 9.10. The minimum atomic E-state index is -0.594. The number of rotatable bonds is 2. The van der Waals surface area contributed by atoms with Crippen LogP contribution in [0.15, 0.2) is 22.7 Å². The molecule has 0 spiro atoms. The molecule has 1 aromatic rings. The maximum atomic E-state index is 13.5. The second-order valence-corrected chi connectivity index (χ2v) is 8.04. The fraction of sp³-hybridized carbons (Fsp3) is 0.647. The molecule has 1 N–H and O–H groups in total. The molecule has 3 aliphatic carbocycles. The third-order valence-corrected chi connectivity index (χ3v) is 6.50. The monoisotopic (exact) mass is 338 g/mol. The predicted molar refractivity (Wildman–Crippen MR) is 79.8 cm³/mol. The summed E-state index contributed by atoms with van der Waals surface area (Å²) in [5.74, 6) is 2.55. The van der Waals surface area contributed by atoms with Crippen molar-refractivity contribution in [3.05, 3.63) is 34.1 Å². The molecule has 3 aliphatic rings. The molecule has 4 rings (SSSR count). The first kappa shape index (κ1) is 13.3. The average molecular weight is 339 g/mol. The molecule has 3 saturated carbocycles. The first-order valence-electron chi connectivity index (χ1n) is 7.72. The number of aliphatic hydroxyl groups is 1. The quantitative estimate of drug-likeness (QED) is 0.851. The summed E-state index contributed by atoms with van der Waals surface area (Å²) in [6, 6.07) is 4.99. The van der Waals surface area contributed by atoms with Gasteiger partial charge in [0.1, 0.15) is 5.82 Å². The molecule has 0 saturated heterocycles. The van der Waals surface area contributed by atoms with Crippen molar-refractivity contribution in [3.8, 4) is 0 Å². The Morgan fingerprint density at radius 1 is 1.25 bits per heavy atom. The lowest BCUT2D eigenvalue weighted by atomic mass is 9.71. The van der Waals surface area contributed by atoms with Gasteiger partial charge in [-0.1, -0.05) is 22.4 Å². The second-order valence-electron chi connectivity index (χ2n) is 7.12. The smallest absolute Gasteiger partial charge is 0.124 e. The Hall–Kier alpha value is -0.410. The van der Waals surface area contributed by atoms with E-state index in [0.29, 0.717) is 12.3 Å². The standard InChI is InChI=1S/C17H20BrFO/c18-12-4-10(5-13(19)7-12)8-17(20)9-11-6-16(17)15-3-1-2-14(11)15/h4-5,7,11,14-16,20H,1-3,6,8-9H2. The fourth-order valence-electron chi connectivity index (χ4n) is 5.51. The summed E-state index contributed by atoms with van der Waals surface area (Å²) in [5.41, 5.74) is 0.324. The Kier molecular flexibility index (Phi) is 3.01. The van der Waals surface area contributed by atoms with Crippen LogP contribution in [0.3, 0.4) is 0 Å². The van der Waals surface area contributed by atoms with Gasteiger partial charge in [0.05, 0.1) is 5.60 Å². The summed E-state index contributed by atoms with van der Waals surface area (Å²) in [5, 5.41) is 11.1. The van der Waals surface area contributed by atoms with E-state index in [4.69, 9.17) is 0 Å². The van der Waals surface area contributed by atoms with Gasteiger partial charge in [0, 0.05) is 10.9 Å². The Morgan fingerprint density at radius 2 is 2.05 bits per heavy atom. The molecule has 1 nitrogen and oxygen atoms in total. The van der Waals surface area contributed by atoms with Crippen LogP contribution in [-0.4, -0.2) is 10.7 Å². The lowest BCUT2D eigenvalue weighted by Gasteiger charge is -2.39. The van der Waals surface area contributed by atoms with Crippen LogP contribution < -0.4 is 0 Å². The van der Waals surface area contributed by atoms with Gasteiger partial charge >= 0.3 is 0 Å². The van der Waals surface area contributed by atoms with Crippen LogP contribution in [0.4, 0.5) is 4.39 Å². The van der Waals surface area contributed by atoms with Crippen molar-refractivity contribution >= 4 is 15.9 Å². The third kappa shape index (κ3) is 1.97. The molecule has 0 aliphatic heterocycles. The SMILES string of the molecule is OC1(Cc2cc(F)cc(Br)c2)CC2CC1C1CCCC21. The molecule has 108 valence electrons. The molecule has 0 heterocycles. The lowest BCUT2D eigenvalue weighted by molar-refractivity contribution is -0.0450. The molecule has 3 fully saturated rings. The normalized spacial score (nSPS) is 42.1. The molecule has 0 aromatic heterocycles. The fourth-order valence-corrected chi connectivity index (χ4v) is 6.02. The highest BCUT2D eigenvalue weighted by Gasteiger charge is 2.60. The summed E-state index contributed by atoms with van der Waals surface area (Å²) >= 11 is 3.34. The van der Waals surface area contributed by atoms with E-state index in [0.717, 1.165) is 34.2 Å². The molecule has 2 bridgehead atoms. The maximum Gasteiger partial charge on any atom is 0.124 e. The Labute approximate surface area is 127 Å². The maximum absolute atomic E-state index is 13.5. The van der Waals surface area contributed by atoms with E-state index in [-0.39, 0.29) is 5.82 Å². The van der Waals surface area contributed by atoms with Crippen molar-refractivity contribution in [2.75, 3.05) is 0 Å². The van der Waals surface area contributed by atoms with Crippen LogP contribution in [0.1, 0.15) is 37.7 Å². The van der Waals surface area contributed by atoms with Crippen LogP contribution in [0.25, 0.3) is 0 Å². The van der Waals surface area contributed by atoms with E-state index in [2.05, 4.69) is 15.9 Å². The van der Waals surface area contributed by atoms with Gasteiger partial charge in [0.25, 0.3) is 0 Å². The van der Waals surface area contributed by atoms with Gasteiger partial charge < -0.3 is 5.11 Å². The third-order valence-electron chi connectivity index (χ3n) is 6.04. The zero-order chi connectivity index (χ0) is 13.9. The van der Waals surface area contributed by atoms with E-state index in [1.165, 1.54) is 31.7 Å². The number of hydrogen-bond donors (Lipinski definition) is 1. The molecule has 0 amide bonds. The molecule has 20 heavy (non-hydrogen) atoms. The predicted octanol–water partition coefficient (Wildman–Crippen LogP) is 4.32. The van der Waals surface area contributed by atoms with Gasteiger partial charge in [-0.3, -0.25) is 0 Å². The molecular weight excluding hydrogens is 319 g/mol. The van der Waals surface area contributed by atoms with Gasteiger partial charge in [-0.25, -0.2) is 4.39 Å². The van der Waals surface area contributed by atoms with Crippen LogP contribution in [-0.2, 0) is 6.42 Å². The van der Waals surface area contributed by atoms with Crippen molar-refractivity contribution < 1.29 is 9.50 Å².